The lowest BCUT2D eigenvalue weighted by atomic mass is 9.52. The quantitative estimate of drug-likeness (QED) is 0.708. The van der Waals surface area contributed by atoms with E-state index >= 15 is 0 Å². The minimum atomic E-state index is 0.709. The van der Waals surface area contributed by atoms with Crippen molar-refractivity contribution in [2.45, 2.75) is 128 Å². The first-order chi connectivity index (χ1) is 12.9. The normalized spacial score (nSPS) is 29.5. The second-order valence-corrected chi connectivity index (χ2v) is 9.66. The van der Waals surface area contributed by atoms with Gasteiger partial charge in [-0.3, -0.25) is 0 Å². The fraction of sp³-hybridized carbons (Fsp3) is 1.00. The molecule has 0 amide bonds. The monoisotopic (exact) mass is 355 g/mol. The van der Waals surface area contributed by atoms with Crippen molar-refractivity contribution < 1.29 is 0 Å². The number of hydrogen-bond donors (Lipinski definition) is 0. The van der Waals surface area contributed by atoms with Crippen LogP contribution in [0.1, 0.15) is 103 Å². The minimum absolute atomic E-state index is 0.709. The Kier molecular flexibility index (Phi) is 7.10. The van der Waals surface area contributed by atoms with Crippen molar-refractivity contribution in [1.29, 1.82) is 0 Å². The molecule has 0 aromatic rings. The predicted molar refractivity (Wildman–Crippen MR) is 117 cm³/mol. The van der Waals surface area contributed by atoms with E-state index in [1.54, 1.807) is 0 Å². The number of rotatable bonds is 4. The molecule has 0 spiro atoms. The fourth-order valence-electron chi connectivity index (χ4n) is 6.53. The fourth-order valence-corrected chi connectivity index (χ4v) is 6.53. The smallest absolute Gasteiger partial charge is 0.289 e. The topological polar surface area (TPSA) is 9.72 Å². The van der Waals surface area contributed by atoms with Crippen LogP contribution in [0.15, 0.2) is 0 Å². The highest BCUT2D eigenvalue weighted by atomic mass is 15.3. The third-order valence-corrected chi connectivity index (χ3v) is 8.00. The van der Waals surface area contributed by atoms with E-state index in [1.165, 1.54) is 118 Å². The number of hydrogen-bond acceptors (Lipinski definition) is 3. The molecule has 3 aliphatic carbocycles. The van der Waals surface area contributed by atoms with Crippen molar-refractivity contribution in [2.24, 2.45) is 0 Å². The van der Waals surface area contributed by atoms with Crippen molar-refractivity contribution in [2.75, 3.05) is 0 Å². The van der Waals surface area contributed by atoms with E-state index in [2.05, 4.69) is 21.1 Å². The Labute approximate surface area is 164 Å². The van der Waals surface area contributed by atoms with E-state index in [9.17, 15) is 0 Å². The van der Waals surface area contributed by atoms with Gasteiger partial charge in [0.15, 0.2) is 0 Å². The van der Waals surface area contributed by atoms with Crippen LogP contribution in [0.2, 0.25) is 6.32 Å². The van der Waals surface area contributed by atoms with Crippen molar-refractivity contribution in [1.82, 2.24) is 14.2 Å². The maximum Gasteiger partial charge on any atom is 0.289 e. The summed E-state index contributed by atoms with van der Waals surface area (Å²) in [5.74, 6) is 0. The Hall–Kier alpha value is 0.0748. The average Bonchev–Trinajstić information content (AvgIpc) is 2.74. The lowest BCUT2D eigenvalue weighted by Crippen LogP contribution is -2.73. The molecule has 26 heavy (non-hydrogen) atoms. The zero-order valence-electron chi connectivity index (χ0n) is 17.4. The van der Waals surface area contributed by atoms with Gasteiger partial charge >= 0.3 is 0 Å². The standard InChI is InChI=1S/C20H40B3N3/c1-2-23-25(19-14-8-4-9-15-19)21-24(18-12-6-3-7-13-18)22-26(23)20-16-10-5-11-17-20/h18-22H,2-17H2,1H3. The summed E-state index contributed by atoms with van der Waals surface area (Å²) in [7, 11) is 2.52. The second kappa shape index (κ2) is 9.52. The minimum Gasteiger partial charge on any atom is -0.361 e. The van der Waals surface area contributed by atoms with Crippen LogP contribution in [0.4, 0.5) is 0 Å². The molecule has 4 rings (SSSR count). The van der Waals surface area contributed by atoms with E-state index in [-0.39, 0.29) is 0 Å². The Bertz CT molecular complexity index is 393. The van der Waals surface area contributed by atoms with Crippen LogP contribution >= 0.6 is 0 Å². The highest BCUT2D eigenvalue weighted by molar-refractivity contribution is 6.74. The molecule has 0 unspecified atom stereocenters. The van der Waals surface area contributed by atoms with Gasteiger partial charge in [0.2, 0.25) is 0 Å². The molecule has 0 radical (unpaired) electrons. The van der Waals surface area contributed by atoms with Gasteiger partial charge in [-0.25, -0.2) is 0 Å². The van der Waals surface area contributed by atoms with E-state index in [1.807, 2.05) is 0 Å². The molecular weight excluding hydrogens is 315 g/mol. The molecule has 144 valence electrons. The van der Waals surface area contributed by atoms with Crippen LogP contribution in [-0.4, -0.2) is 54.4 Å². The SMILES string of the molecule is CCB1N(C2CCCCC2)BN(C2CCCCC2)BN1C1CCCCC1. The van der Waals surface area contributed by atoms with Gasteiger partial charge in [-0.1, -0.05) is 64.7 Å². The second-order valence-electron chi connectivity index (χ2n) is 9.66. The molecule has 0 atom stereocenters. The summed E-state index contributed by atoms with van der Waals surface area (Å²) < 4.78 is 8.87. The third kappa shape index (κ3) is 4.38. The summed E-state index contributed by atoms with van der Waals surface area (Å²) in [6.07, 6.45) is 23.2. The van der Waals surface area contributed by atoms with E-state index < -0.39 is 0 Å². The maximum atomic E-state index is 2.98. The van der Waals surface area contributed by atoms with E-state index in [0.29, 0.717) is 6.98 Å². The highest BCUT2D eigenvalue weighted by Crippen LogP contribution is 2.32. The molecule has 3 nitrogen and oxygen atoms in total. The van der Waals surface area contributed by atoms with Crippen LogP contribution in [-0.2, 0) is 0 Å². The van der Waals surface area contributed by atoms with Gasteiger partial charge in [-0.2, -0.15) is 0 Å². The van der Waals surface area contributed by atoms with Crippen molar-refractivity contribution in [3.8, 4) is 0 Å². The average molecular weight is 355 g/mol. The molecule has 1 aliphatic heterocycles. The Morgan fingerprint density at radius 1 is 0.615 bits per heavy atom. The lowest BCUT2D eigenvalue weighted by Gasteiger charge is -2.54. The van der Waals surface area contributed by atoms with Gasteiger partial charge in [0.25, 0.3) is 22.1 Å². The Balaban J connectivity index is 1.53. The third-order valence-electron chi connectivity index (χ3n) is 8.00. The predicted octanol–water partition coefficient (Wildman–Crippen LogP) is 3.95. The van der Waals surface area contributed by atoms with Gasteiger partial charge in [0.1, 0.15) is 0 Å². The van der Waals surface area contributed by atoms with Crippen LogP contribution in [0.25, 0.3) is 0 Å². The van der Waals surface area contributed by atoms with Crippen LogP contribution in [0, 0.1) is 0 Å². The summed E-state index contributed by atoms with van der Waals surface area (Å²) in [6.45, 7) is 3.16. The van der Waals surface area contributed by atoms with E-state index in [0.717, 1.165) is 18.1 Å². The lowest BCUT2D eigenvalue weighted by molar-refractivity contribution is 0.245. The molecule has 0 bridgehead atoms. The Morgan fingerprint density at radius 3 is 1.38 bits per heavy atom. The molecule has 1 heterocycles. The van der Waals surface area contributed by atoms with Crippen molar-refractivity contribution in [3.63, 3.8) is 0 Å². The van der Waals surface area contributed by atoms with Crippen molar-refractivity contribution >= 4 is 22.1 Å². The van der Waals surface area contributed by atoms with E-state index in [4.69, 9.17) is 0 Å². The summed E-state index contributed by atoms with van der Waals surface area (Å²) >= 11 is 0. The summed E-state index contributed by atoms with van der Waals surface area (Å²) in [4.78, 5) is 0. The summed E-state index contributed by atoms with van der Waals surface area (Å²) in [5.41, 5.74) is 0. The van der Waals surface area contributed by atoms with Gasteiger partial charge < -0.3 is 14.2 Å². The van der Waals surface area contributed by atoms with Gasteiger partial charge in [-0.15, -0.1) is 0 Å². The highest BCUT2D eigenvalue weighted by Gasteiger charge is 2.44. The van der Waals surface area contributed by atoms with Gasteiger partial charge in [-0.05, 0) is 63.0 Å². The van der Waals surface area contributed by atoms with Gasteiger partial charge in [0, 0.05) is 0 Å². The van der Waals surface area contributed by atoms with Gasteiger partial charge in [0.05, 0.1) is 0 Å². The first-order valence-electron chi connectivity index (χ1n) is 12.1. The molecule has 6 heteroatoms. The Morgan fingerprint density at radius 2 is 1.00 bits per heavy atom. The molecule has 4 aliphatic rings. The van der Waals surface area contributed by atoms with Crippen LogP contribution in [0.3, 0.4) is 0 Å². The molecule has 4 fully saturated rings. The zero-order valence-corrected chi connectivity index (χ0v) is 17.4. The molecule has 0 aromatic carbocycles. The molecule has 1 saturated heterocycles. The zero-order chi connectivity index (χ0) is 17.8. The number of nitrogens with zero attached hydrogens (tertiary/aromatic N) is 3. The first kappa shape index (κ1) is 19.4. The van der Waals surface area contributed by atoms with Crippen LogP contribution < -0.4 is 0 Å². The summed E-state index contributed by atoms with van der Waals surface area (Å²) in [6, 6.07) is 2.57. The summed E-state index contributed by atoms with van der Waals surface area (Å²) in [5, 5.41) is 0. The van der Waals surface area contributed by atoms with Crippen LogP contribution in [0.5, 0.6) is 0 Å². The largest absolute Gasteiger partial charge is 0.361 e. The first-order valence-corrected chi connectivity index (χ1v) is 12.1. The molecular formula is C20H40B3N3. The van der Waals surface area contributed by atoms with Crippen molar-refractivity contribution in [3.05, 3.63) is 0 Å². The maximum absolute atomic E-state index is 2.98. The molecule has 3 saturated carbocycles. The molecule has 0 N–H and O–H groups in total. The molecule has 0 aromatic heterocycles.